The van der Waals surface area contributed by atoms with Crippen LogP contribution in [0.15, 0.2) is 36.5 Å². The molecular weight excluding hydrogens is 264 g/mol. The van der Waals surface area contributed by atoms with E-state index in [-0.39, 0.29) is 5.82 Å². The molecule has 0 saturated heterocycles. The number of halogens is 1. The number of hydrogen-bond donors (Lipinski definition) is 2. The summed E-state index contributed by atoms with van der Waals surface area (Å²) in [5, 5.41) is 10.8. The number of nitrogens with two attached hydrogens (primary N) is 1. The summed E-state index contributed by atoms with van der Waals surface area (Å²) < 4.78 is 5.04. The highest BCUT2D eigenvalue weighted by Crippen LogP contribution is 2.27. The number of aliphatic hydroxyl groups is 1. The Morgan fingerprint density at radius 1 is 1.37 bits per heavy atom. The first-order valence-electron chi connectivity index (χ1n) is 5.78. The number of methoxy groups -OCH3 is 1. The number of hydrogen-bond acceptors (Lipinski definition) is 4. The third kappa shape index (κ3) is 3.23. The zero-order chi connectivity index (χ0) is 13.8. The van der Waals surface area contributed by atoms with E-state index in [0.29, 0.717) is 17.2 Å². The van der Waals surface area contributed by atoms with E-state index in [1.165, 1.54) is 6.20 Å². The van der Waals surface area contributed by atoms with Crippen molar-refractivity contribution in [3.63, 3.8) is 0 Å². The summed E-state index contributed by atoms with van der Waals surface area (Å²) in [6.07, 6.45) is 0.609. The third-order valence-electron chi connectivity index (χ3n) is 2.82. The van der Waals surface area contributed by atoms with Crippen LogP contribution in [0.5, 0.6) is 0 Å². The van der Waals surface area contributed by atoms with E-state index < -0.39 is 6.10 Å². The molecule has 0 radical (unpaired) electrons. The Bertz CT molecular complexity index is 558. The van der Waals surface area contributed by atoms with E-state index in [1.807, 2.05) is 24.3 Å². The third-order valence-corrected chi connectivity index (χ3v) is 3.02. The van der Waals surface area contributed by atoms with Crippen molar-refractivity contribution in [3.8, 4) is 0 Å². The molecular formula is C14H15ClN2O2. The average molecular weight is 279 g/mol. The van der Waals surface area contributed by atoms with Gasteiger partial charge < -0.3 is 15.6 Å². The number of anilines is 1. The SMILES string of the molecule is COCc1ccc(C(O)c2cc(Cl)cnc2N)cc1. The fourth-order valence-corrected chi connectivity index (χ4v) is 1.99. The second-order valence-corrected chi connectivity index (χ2v) is 4.64. The van der Waals surface area contributed by atoms with Gasteiger partial charge in [-0.05, 0) is 17.2 Å². The van der Waals surface area contributed by atoms with E-state index in [2.05, 4.69) is 4.98 Å². The molecule has 1 aromatic carbocycles. The van der Waals surface area contributed by atoms with E-state index in [9.17, 15) is 5.11 Å². The van der Waals surface area contributed by atoms with Gasteiger partial charge in [-0.3, -0.25) is 0 Å². The molecule has 0 saturated carbocycles. The van der Waals surface area contributed by atoms with Crippen LogP contribution < -0.4 is 5.73 Å². The Morgan fingerprint density at radius 2 is 2.05 bits per heavy atom. The summed E-state index contributed by atoms with van der Waals surface area (Å²) in [5.74, 6) is 0.276. The van der Waals surface area contributed by atoms with Gasteiger partial charge in [0.25, 0.3) is 0 Å². The molecule has 5 heteroatoms. The van der Waals surface area contributed by atoms with Crippen LogP contribution in [0.2, 0.25) is 5.02 Å². The molecule has 0 aliphatic carbocycles. The summed E-state index contributed by atoms with van der Waals surface area (Å²) in [4.78, 5) is 3.94. The van der Waals surface area contributed by atoms with Crippen molar-refractivity contribution in [3.05, 3.63) is 58.2 Å². The van der Waals surface area contributed by atoms with Gasteiger partial charge in [0.1, 0.15) is 11.9 Å². The molecule has 0 amide bonds. The predicted molar refractivity (Wildman–Crippen MR) is 74.9 cm³/mol. The van der Waals surface area contributed by atoms with Gasteiger partial charge in [-0.15, -0.1) is 0 Å². The summed E-state index contributed by atoms with van der Waals surface area (Å²) in [6.45, 7) is 0.539. The number of ether oxygens (including phenoxy) is 1. The molecule has 0 spiro atoms. The second-order valence-electron chi connectivity index (χ2n) is 4.21. The summed E-state index contributed by atoms with van der Waals surface area (Å²) in [6, 6.07) is 9.09. The lowest BCUT2D eigenvalue weighted by Crippen LogP contribution is -2.05. The number of benzene rings is 1. The minimum Gasteiger partial charge on any atom is -0.384 e. The highest BCUT2D eigenvalue weighted by molar-refractivity contribution is 6.30. The average Bonchev–Trinajstić information content (AvgIpc) is 2.42. The predicted octanol–water partition coefficient (Wildman–Crippen LogP) is 2.55. The molecule has 1 atom stereocenters. The fraction of sp³-hybridized carbons (Fsp3) is 0.214. The first kappa shape index (κ1) is 13.8. The summed E-state index contributed by atoms with van der Waals surface area (Å²) in [5.41, 5.74) is 8.03. The normalized spacial score (nSPS) is 12.4. The molecule has 1 unspecified atom stereocenters. The van der Waals surface area contributed by atoms with Crippen molar-refractivity contribution >= 4 is 17.4 Å². The highest BCUT2D eigenvalue weighted by Gasteiger charge is 2.14. The Morgan fingerprint density at radius 3 is 2.68 bits per heavy atom. The quantitative estimate of drug-likeness (QED) is 0.902. The Kier molecular flexibility index (Phi) is 4.37. The van der Waals surface area contributed by atoms with Crippen LogP contribution in [0.1, 0.15) is 22.8 Å². The molecule has 1 heterocycles. The zero-order valence-electron chi connectivity index (χ0n) is 10.5. The fourth-order valence-electron chi connectivity index (χ4n) is 1.83. The number of nitrogens with zero attached hydrogens (tertiary/aromatic N) is 1. The van der Waals surface area contributed by atoms with E-state index >= 15 is 0 Å². The molecule has 2 aromatic rings. The largest absolute Gasteiger partial charge is 0.384 e. The number of aromatic nitrogens is 1. The van der Waals surface area contributed by atoms with Gasteiger partial charge in [-0.25, -0.2) is 4.98 Å². The van der Waals surface area contributed by atoms with Crippen LogP contribution in [0.25, 0.3) is 0 Å². The molecule has 100 valence electrons. The number of nitrogen functional groups attached to an aromatic ring is 1. The minimum atomic E-state index is -0.845. The smallest absolute Gasteiger partial charge is 0.129 e. The van der Waals surface area contributed by atoms with Gasteiger partial charge in [0, 0.05) is 18.9 Å². The van der Waals surface area contributed by atoms with Gasteiger partial charge >= 0.3 is 0 Å². The molecule has 4 nitrogen and oxygen atoms in total. The van der Waals surface area contributed by atoms with Gasteiger partial charge in [0.05, 0.1) is 11.6 Å². The maximum absolute atomic E-state index is 10.3. The minimum absolute atomic E-state index is 0.276. The molecule has 2 rings (SSSR count). The standard InChI is InChI=1S/C14H15ClN2O2/c1-19-8-9-2-4-10(5-3-9)13(18)12-6-11(15)7-17-14(12)16/h2-7,13,18H,8H2,1H3,(H2,16,17). The number of rotatable bonds is 4. The molecule has 0 aliphatic rings. The Balaban J connectivity index is 2.27. The molecule has 0 aliphatic heterocycles. The highest BCUT2D eigenvalue weighted by atomic mass is 35.5. The molecule has 19 heavy (non-hydrogen) atoms. The van der Waals surface area contributed by atoms with Crippen LogP contribution in [0.4, 0.5) is 5.82 Å². The zero-order valence-corrected chi connectivity index (χ0v) is 11.3. The van der Waals surface area contributed by atoms with Crippen molar-refractivity contribution in [1.29, 1.82) is 0 Å². The summed E-state index contributed by atoms with van der Waals surface area (Å²) >= 11 is 5.87. The van der Waals surface area contributed by atoms with Crippen LogP contribution in [0.3, 0.4) is 0 Å². The first-order chi connectivity index (χ1) is 9.11. The van der Waals surface area contributed by atoms with E-state index in [1.54, 1.807) is 13.2 Å². The van der Waals surface area contributed by atoms with Gasteiger partial charge in [-0.2, -0.15) is 0 Å². The lowest BCUT2D eigenvalue weighted by Gasteiger charge is -2.14. The molecule has 0 bridgehead atoms. The van der Waals surface area contributed by atoms with Crippen LogP contribution >= 0.6 is 11.6 Å². The second kappa shape index (κ2) is 6.02. The van der Waals surface area contributed by atoms with Crippen LogP contribution in [0, 0.1) is 0 Å². The van der Waals surface area contributed by atoms with Crippen LogP contribution in [-0.2, 0) is 11.3 Å². The van der Waals surface area contributed by atoms with Crippen molar-refractivity contribution in [1.82, 2.24) is 4.98 Å². The van der Waals surface area contributed by atoms with Crippen molar-refractivity contribution in [2.24, 2.45) is 0 Å². The van der Waals surface area contributed by atoms with Crippen molar-refractivity contribution in [2.45, 2.75) is 12.7 Å². The monoisotopic (exact) mass is 278 g/mol. The maximum Gasteiger partial charge on any atom is 0.129 e. The lowest BCUT2D eigenvalue weighted by molar-refractivity contribution is 0.184. The van der Waals surface area contributed by atoms with Crippen LogP contribution in [-0.4, -0.2) is 17.2 Å². The number of aliphatic hydroxyl groups excluding tert-OH is 1. The van der Waals surface area contributed by atoms with Gasteiger partial charge in [0.2, 0.25) is 0 Å². The van der Waals surface area contributed by atoms with Crippen molar-refractivity contribution in [2.75, 3.05) is 12.8 Å². The van der Waals surface area contributed by atoms with Gasteiger partial charge in [-0.1, -0.05) is 35.9 Å². The maximum atomic E-state index is 10.3. The molecule has 0 fully saturated rings. The van der Waals surface area contributed by atoms with Crippen molar-refractivity contribution < 1.29 is 9.84 Å². The molecule has 1 aromatic heterocycles. The lowest BCUT2D eigenvalue weighted by atomic mass is 10.0. The number of pyridine rings is 1. The topological polar surface area (TPSA) is 68.4 Å². The van der Waals surface area contributed by atoms with E-state index in [0.717, 1.165) is 11.1 Å². The first-order valence-corrected chi connectivity index (χ1v) is 6.16. The van der Waals surface area contributed by atoms with E-state index in [4.69, 9.17) is 22.1 Å². The Labute approximate surface area is 116 Å². The Hall–Kier alpha value is -1.62. The van der Waals surface area contributed by atoms with Gasteiger partial charge in [0.15, 0.2) is 0 Å². The molecule has 3 N–H and O–H groups in total. The summed E-state index contributed by atoms with van der Waals surface area (Å²) in [7, 11) is 1.64.